The maximum Gasteiger partial charge on any atom is 0.255 e. The molecule has 0 aliphatic rings. The van der Waals surface area contributed by atoms with Crippen LogP contribution in [0.5, 0.6) is 0 Å². The number of nitrogens with one attached hydrogen (secondary N) is 2. The molecule has 8 nitrogen and oxygen atoms in total. The monoisotopic (exact) mass is 481 g/mol. The Balaban J connectivity index is 1.42. The van der Waals surface area contributed by atoms with Crippen molar-refractivity contribution in [2.75, 3.05) is 30.3 Å². The van der Waals surface area contributed by atoms with Crippen molar-refractivity contribution in [1.82, 2.24) is 24.8 Å². The van der Waals surface area contributed by atoms with Crippen molar-refractivity contribution in [2.45, 2.75) is 27.2 Å². The zero-order valence-electron chi connectivity index (χ0n) is 20.9. The van der Waals surface area contributed by atoms with Gasteiger partial charge in [0.2, 0.25) is 5.95 Å². The number of hydrogen-bond donors (Lipinski definition) is 2. The summed E-state index contributed by atoms with van der Waals surface area (Å²) in [6.07, 6.45) is 7.78. The Morgan fingerprint density at radius 2 is 1.78 bits per heavy atom. The predicted molar refractivity (Wildman–Crippen MR) is 143 cm³/mol. The summed E-state index contributed by atoms with van der Waals surface area (Å²) < 4.78 is 0. The molecule has 0 spiro atoms. The third kappa shape index (κ3) is 6.49. The van der Waals surface area contributed by atoms with Gasteiger partial charge < -0.3 is 15.5 Å². The molecule has 0 aliphatic carbocycles. The summed E-state index contributed by atoms with van der Waals surface area (Å²) in [7, 11) is 0. The van der Waals surface area contributed by atoms with E-state index in [1.54, 1.807) is 24.8 Å². The quantitative estimate of drug-likeness (QED) is 0.324. The molecule has 3 aromatic heterocycles. The van der Waals surface area contributed by atoms with Gasteiger partial charge in [0.1, 0.15) is 0 Å². The molecule has 0 radical (unpaired) electrons. The summed E-state index contributed by atoms with van der Waals surface area (Å²) in [6, 6.07) is 15.2. The topological polar surface area (TPSA) is 95.9 Å². The molecule has 4 rings (SSSR count). The van der Waals surface area contributed by atoms with E-state index < -0.39 is 0 Å². The zero-order chi connectivity index (χ0) is 25.3. The molecule has 2 N–H and O–H groups in total. The third-order valence-electron chi connectivity index (χ3n) is 6.03. The van der Waals surface area contributed by atoms with E-state index in [2.05, 4.69) is 49.3 Å². The lowest BCUT2D eigenvalue weighted by molar-refractivity contribution is 0.102. The molecule has 36 heavy (non-hydrogen) atoms. The van der Waals surface area contributed by atoms with E-state index >= 15 is 0 Å². The molecular weight excluding hydrogens is 450 g/mol. The zero-order valence-corrected chi connectivity index (χ0v) is 20.9. The highest BCUT2D eigenvalue weighted by Crippen LogP contribution is 2.23. The smallest absolute Gasteiger partial charge is 0.255 e. The molecule has 0 unspecified atom stereocenters. The van der Waals surface area contributed by atoms with E-state index in [-0.39, 0.29) is 5.91 Å². The molecule has 0 saturated heterocycles. The molecule has 0 saturated carbocycles. The van der Waals surface area contributed by atoms with Crippen LogP contribution in [0.15, 0.2) is 73.3 Å². The van der Waals surface area contributed by atoms with Crippen molar-refractivity contribution < 1.29 is 4.79 Å². The minimum absolute atomic E-state index is 0.184. The Kier molecular flexibility index (Phi) is 8.31. The van der Waals surface area contributed by atoms with Gasteiger partial charge in [-0.3, -0.25) is 14.8 Å². The number of pyridine rings is 2. The van der Waals surface area contributed by atoms with E-state index in [1.807, 2.05) is 55.5 Å². The second-order valence-electron chi connectivity index (χ2n) is 8.42. The van der Waals surface area contributed by atoms with E-state index in [0.717, 1.165) is 43.0 Å². The fraction of sp³-hybridized carbons (Fsp3) is 0.250. The minimum atomic E-state index is -0.184. The van der Waals surface area contributed by atoms with Crippen molar-refractivity contribution in [2.24, 2.45) is 0 Å². The number of hydrogen-bond acceptors (Lipinski definition) is 7. The highest BCUT2D eigenvalue weighted by molar-refractivity contribution is 6.04. The van der Waals surface area contributed by atoms with Crippen LogP contribution in [0.2, 0.25) is 0 Å². The van der Waals surface area contributed by atoms with Crippen LogP contribution in [0.1, 0.15) is 35.5 Å². The van der Waals surface area contributed by atoms with Gasteiger partial charge in [-0.1, -0.05) is 26.0 Å². The molecule has 3 heterocycles. The van der Waals surface area contributed by atoms with Crippen molar-refractivity contribution in [1.29, 1.82) is 0 Å². The van der Waals surface area contributed by atoms with Gasteiger partial charge in [-0.25, -0.2) is 9.97 Å². The summed E-state index contributed by atoms with van der Waals surface area (Å²) in [5.41, 5.74) is 5.54. The van der Waals surface area contributed by atoms with Gasteiger partial charge in [-0.05, 0) is 68.4 Å². The number of benzene rings is 1. The number of rotatable bonds is 10. The van der Waals surface area contributed by atoms with Crippen LogP contribution in [0.25, 0.3) is 11.3 Å². The Morgan fingerprint density at radius 3 is 2.50 bits per heavy atom. The molecule has 4 aromatic rings. The second-order valence-corrected chi connectivity index (χ2v) is 8.42. The van der Waals surface area contributed by atoms with Crippen LogP contribution < -0.4 is 10.6 Å². The number of carbonyl (C=O) groups excluding carboxylic acids is 1. The van der Waals surface area contributed by atoms with Gasteiger partial charge in [-0.15, -0.1) is 0 Å². The molecule has 0 aliphatic heterocycles. The Labute approximate surface area is 211 Å². The molecule has 0 atom stereocenters. The average molecular weight is 482 g/mol. The van der Waals surface area contributed by atoms with E-state index in [0.29, 0.717) is 22.9 Å². The lowest BCUT2D eigenvalue weighted by Gasteiger charge is -2.17. The van der Waals surface area contributed by atoms with E-state index in [4.69, 9.17) is 0 Å². The summed E-state index contributed by atoms with van der Waals surface area (Å²) in [4.78, 5) is 32.7. The van der Waals surface area contributed by atoms with Gasteiger partial charge in [-0.2, -0.15) is 0 Å². The van der Waals surface area contributed by atoms with Gasteiger partial charge in [0, 0.05) is 36.3 Å². The van der Waals surface area contributed by atoms with Crippen LogP contribution in [0.4, 0.5) is 17.3 Å². The number of carbonyl (C=O) groups is 1. The number of likely N-dealkylation sites (N-methyl/N-ethyl adjacent to an activating group) is 1. The first kappa shape index (κ1) is 24.9. The first-order valence-corrected chi connectivity index (χ1v) is 12.2. The van der Waals surface area contributed by atoms with Crippen LogP contribution in [-0.4, -0.2) is 50.4 Å². The van der Waals surface area contributed by atoms with Crippen molar-refractivity contribution in [3.8, 4) is 11.3 Å². The predicted octanol–water partition coefficient (Wildman–Crippen LogP) is 5.12. The Hall–Kier alpha value is -4.17. The number of aryl methyl sites for hydroxylation is 1. The normalized spacial score (nSPS) is 10.9. The van der Waals surface area contributed by atoms with Gasteiger partial charge >= 0.3 is 0 Å². The van der Waals surface area contributed by atoms with Crippen molar-refractivity contribution >= 4 is 23.2 Å². The average Bonchev–Trinajstić information content (AvgIpc) is 2.92. The molecule has 184 valence electrons. The largest absolute Gasteiger partial charge is 0.322 e. The fourth-order valence-electron chi connectivity index (χ4n) is 3.80. The highest BCUT2D eigenvalue weighted by atomic mass is 16.1. The maximum atomic E-state index is 12.8. The van der Waals surface area contributed by atoms with E-state index in [1.165, 1.54) is 5.56 Å². The summed E-state index contributed by atoms with van der Waals surface area (Å²) in [6.45, 7) is 9.32. The lowest BCUT2D eigenvalue weighted by Crippen LogP contribution is -2.25. The molecule has 1 aromatic carbocycles. The number of nitrogens with zero attached hydrogens (tertiary/aromatic N) is 5. The van der Waals surface area contributed by atoms with Crippen LogP contribution in [0, 0.1) is 6.92 Å². The van der Waals surface area contributed by atoms with Crippen molar-refractivity contribution in [3.05, 3.63) is 90.1 Å². The van der Waals surface area contributed by atoms with Crippen molar-refractivity contribution in [3.63, 3.8) is 0 Å². The summed E-state index contributed by atoms with van der Waals surface area (Å²) in [5.74, 6) is 0.252. The maximum absolute atomic E-state index is 12.8. The fourth-order valence-corrected chi connectivity index (χ4v) is 3.80. The van der Waals surface area contributed by atoms with Crippen LogP contribution in [-0.2, 0) is 6.42 Å². The lowest BCUT2D eigenvalue weighted by atomic mass is 10.1. The Bertz CT molecular complexity index is 1290. The van der Waals surface area contributed by atoms with Gasteiger partial charge in [0.25, 0.3) is 5.91 Å². The first-order valence-electron chi connectivity index (χ1n) is 12.2. The Morgan fingerprint density at radius 1 is 0.972 bits per heavy atom. The number of aromatic nitrogens is 4. The standard InChI is InChI=1S/C28H31N7O/c1-4-35(5-2)16-13-21-8-10-22(11-9-21)27(36)32-24-17-26(20(3)31-19-24)34-28-30-15-12-25(33-28)23-7-6-14-29-18-23/h6-12,14-15,17-19H,4-5,13,16H2,1-3H3,(H,32,36)(H,30,33,34). The van der Waals surface area contributed by atoms with Crippen LogP contribution >= 0.6 is 0 Å². The van der Waals surface area contributed by atoms with E-state index in [9.17, 15) is 4.79 Å². The number of anilines is 3. The number of amides is 1. The first-order chi connectivity index (χ1) is 17.6. The summed E-state index contributed by atoms with van der Waals surface area (Å²) >= 11 is 0. The minimum Gasteiger partial charge on any atom is -0.322 e. The van der Waals surface area contributed by atoms with Gasteiger partial charge in [0.05, 0.1) is 29.0 Å². The third-order valence-corrected chi connectivity index (χ3v) is 6.03. The SMILES string of the molecule is CCN(CC)CCc1ccc(C(=O)Nc2cnc(C)c(Nc3nccc(-c4cccnc4)n3)c2)cc1. The molecule has 0 fully saturated rings. The molecule has 8 heteroatoms. The highest BCUT2D eigenvalue weighted by Gasteiger charge is 2.10. The molecule has 0 bridgehead atoms. The van der Waals surface area contributed by atoms with Crippen LogP contribution in [0.3, 0.4) is 0 Å². The second kappa shape index (κ2) is 12.0. The molecule has 1 amide bonds. The summed E-state index contributed by atoms with van der Waals surface area (Å²) in [5, 5.41) is 6.15. The van der Waals surface area contributed by atoms with Gasteiger partial charge in [0.15, 0.2) is 0 Å². The molecular formula is C28H31N7O.